The number of amides is 3. The van der Waals surface area contributed by atoms with Crippen LogP contribution in [0.3, 0.4) is 0 Å². The Morgan fingerprint density at radius 3 is 2.60 bits per heavy atom. The van der Waals surface area contributed by atoms with E-state index in [2.05, 4.69) is 12.2 Å². The fourth-order valence-electron chi connectivity index (χ4n) is 2.28. The van der Waals surface area contributed by atoms with Crippen molar-refractivity contribution in [2.45, 2.75) is 51.0 Å². The molecule has 1 aliphatic heterocycles. The zero-order chi connectivity index (χ0) is 10.9. The number of nitrogens with one attached hydrogen (secondary N) is 1. The summed E-state index contributed by atoms with van der Waals surface area (Å²) in [5, 5.41) is 2.98. The molecule has 1 spiro atoms. The number of carbonyl (C=O) groups is 2. The summed E-state index contributed by atoms with van der Waals surface area (Å²) in [5.74, 6) is 0.00639. The molecule has 1 aliphatic carbocycles. The molecule has 0 unspecified atom stereocenters. The van der Waals surface area contributed by atoms with E-state index in [0.717, 1.165) is 32.1 Å². The second kappa shape index (κ2) is 3.83. The van der Waals surface area contributed by atoms with Gasteiger partial charge in [0.25, 0.3) is 0 Å². The van der Waals surface area contributed by atoms with Gasteiger partial charge in [0.05, 0.1) is 12.0 Å². The van der Waals surface area contributed by atoms with E-state index in [0.29, 0.717) is 13.0 Å². The van der Waals surface area contributed by atoms with Gasteiger partial charge in [0.15, 0.2) is 0 Å². The Hall–Kier alpha value is -1.06. The summed E-state index contributed by atoms with van der Waals surface area (Å²) in [4.78, 5) is 24.9. The molecule has 1 heterocycles. The van der Waals surface area contributed by atoms with Crippen molar-refractivity contribution >= 4 is 11.9 Å². The maximum atomic E-state index is 11.8. The molecule has 0 atom stereocenters. The first-order chi connectivity index (χ1) is 7.17. The predicted molar refractivity (Wildman–Crippen MR) is 56.4 cm³/mol. The van der Waals surface area contributed by atoms with E-state index in [1.54, 1.807) is 0 Å². The zero-order valence-corrected chi connectivity index (χ0v) is 9.21. The Bertz CT molecular complexity index is 264. The lowest BCUT2D eigenvalue weighted by Crippen LogP contribution is -2.64. The average molecular weight is 210 g/mol. The van der Waals surface area contributed by atoms with Crippen LogP contribution in [0.2, 0.25) is 0 Å². The van der Waals surface area contributed by atoms with Crippen LogP contribution in [0, 0.1) is 0 Å². The number of nitrogens with zero attached hydrogens (tertiary/aromatic N) is 1. The SMILES string of the molecule is CCCCN1C(=O)CC2(CCC2)NC1=O. The molecule has 1 N–H and O–H groups in total. The summed E-state index contributed by atoms with van der Waals surface area (Å²) in [5.41, 5.74) is -0.170. The van der Waals surface area contributed by atoms with Crippen molar-refractivity contribution in [1.82, 2.24) is 10.2 Å². The maximum Gasteiger partial charge on any atom is 0.324 e. The highest BCUT2D eigenvalue weighted by molar-refractivity contribution is 5.98. The molecule has 0 aromatic heterocycles. The van der Waals surface area contributed by atoms with E-state index < -0.39 is 0 Å². The standard InChI is InChI=1S/C11H18N2O2/c1-2-3-7-13-9(14)8-11(5-4-6-11)12-10(13)15/h2-8H2,1H3,(H,12,15). The fourth-order valence-corrected chi connectivity index (χ4v) is 2.28. The van der Waals surface area contributed by atoms with Crippen molar-refractivity contribution in [2.75, 3.05) is 6.54 Å². The van der Waals surface area contributed by atoms with Crippen LogP contribution >= 0.6 is 0 Å². The molecule has 0 aromatic rings. The normalized spacial score (nSPS) is 23.9. The second-order valence-corrected chi connectivity index (χ2v) is 4.64. The molecule has 1 saturated carbocycles. The third kappa shape index (κ3) is 1.85. The van der Waals surface area contributed by atoms with Gasteiger partial charge in [-0.3, -0.25) is 9.69 Å². The van der Waals surface area contributed by atoms with Crippen molar-refractivity contribution in [1.29, 1.82) is 0 Å². The minimum Gasteiger partial charge on any atom is -0.332 e. The van der Waals surface area contributed by atoms with Crippen LogP contribution in [0.1, 0.15) is 45.4 Å². The van der Waals surface area contributed by atoms with Crippen LogP contribution in [0.5, 0.6) is 0 Å². The van der Waals surface area contributed by atoms with Crippen LogP contribution in [-0.4, -0.2) is 28.9 Å². The highest BCUT2D eigenvalue weighted by Crippen LogP contribution is 2.37. The Morgan fingerprint density at radius 2 is 2.13 bits per heavy atom. The molecule has 4 nitrogen and oxygen atoms in total. The summed E-state index contributed by atoms with van der Waals surface area (Å²) >= 11 is 0. The van der Waals surface area contributed by atoms with Crippen LogP contribution in [0.25, 0.3) is 0 Å². The van der Waals surface area contributed by atoms with Gasteiger partial charge in [-0.25, -0.2) is 4.79 Å². The van der Waals surface area contributed by atoms with Gasteiger partial charge in [0.2, 0.25) is 5.91 Å². The van der Waals surface area contributed by atoms with Crippen molar-refractivity contribution in [3.63, 3.8) is 0 Å². The topological polar surface area (TPSA) is 49.4 Å². The molecule has 0 radical (unpaired) electrons. The summed E-state index contributed by atoms with van der Waals surface area (Å²) < 4.78 is 0. The van der Waals surface area contributed by atoms with E-state index in [1.807, 2.05) is 0 Å². The van der Waals surface area contributed by atoms with E-state index in [-0.39, 0.29) is 17.5 Å². The largest absolute Gasteiger partial charge is 0.332 e. The van der Waals surface area contributed by atoms with Crippen molar-refractivity contribution < 1.29 is 9.59 Å². The first kappa shape index (κ1) is 10.5. The minimum atomic E-state index is -0.181. The van der Waals surface area contributed by atoms with Crippen molar-refractivity contribution in [3.05, 3.63) is 0 Å². The summed E-state index contributed by atoms with van der Waals surface area (Å²) in [7, 11) is 0. The van der Waals surface area contributed by atoms with Crippen molar-refractivity contribution in [2.24, 2.45) is 0 Å². The Balaban J connectivity index is 1.98. The lowest BCUT2D eigenvalue weighted by Gasteiger charge is -2.47. The summed E-state index contributed by atoms with van der Waals surface area (Å²) in [6, 6.07) is -0.181. The average Bonchev–Trinajstić information content (AvgIpc) is 2.14. The number of rotatable bonds is 3. The van der Waals surface area contributed by atoms with E-state index in [9.17, 15) is 9.59 Å². The second-order valence-electron chi connectivity index (χ2n) is 4.64. The van der Waals surface area contributed by atoms with Crippen LogP contribution < -0.4 is 5.32 Å². The van der Waals surface area contributed by atoms with E-state index >= 15 is 0 Å². The lowest BCUT2D eigenvalue weighted by molar-refractivity contribution is -0.133. The highest BCUT2D eigenvalue weighted by Gasteiger charge is 2.46. The van der Waals surface area contributed by atoms with E-state index in [4.69, 9.17) is 0 Å². The van der Waals surface area contributed by atoms with E-state index in [1.165, 1.54) is 4.90 Å². The molecule has 2 fully saturated rings. The third-order valence-electron chi connectivity index (χ3n) is 3.45. The molecule has 84 valence electrons. The Kier molecular flexibility index (Phi) is 2.67. The number of unbranched alkanes of at least 4 members (excludes halogenated alkanes) is 1. The molecule has 1 saturated heterocycles. The summed E-state index contributed by atoms with van der Waals surface area (Å²) in [6.07, 6.45) is 5.46. The van der Waals surface area contributed by atoms with Gasteiger partial charge in [-0.15, -0.1) is 0 Å². The molecule has 2 aliphatic rings. The predicted octanol–water partition coefficient (Wildman–Crippen LogP) is 1.65. The molecular formula is C11H18N2O2. The Morgan fingerprint density at radius 1 is 1.40 bits per heavy atom. The monoisotopic (exact) mass is 210 g/mol. The minimum absolute atomic E-state index is 0.00639. The zero-order valence-electron chi connectivity index (χ0n) is 9.21. The van der Waals surface area contributed by atoms with Gasteiger partial charge in [-0.2, -0.15) is 0 Å². The summed E-state index contributed by atoms with van der Waals surface area (Å²) in [6.45, 7) is 2.62. The third-order valence-corrected chi connectivity index (χ3v) is 3.45. The van der Waals surface area contributed by atoms with Crippen LogP contribution in [-0.2, 0) is 4.79 Å². The van der Waals surface area contributed by atoms with Crippen molar-refractivity contribution in [3.8, 4) is 0 Å². The number of hydrogen-bond acceptors (Lipinski definition) is 2. The molecule has 15 heavy (non-hydrogen) atoms. The quantitative estimate of drug-likeness (QED) is 0.770. The fraction of sp³-hybridized carbons (Fsp3) is 0.818. The number of hydrogen-bond donors (Lipinski definition) is 1. The maximum absolute atomic E-state index is 11.8. The van der Waals surface area contributed by atoms with Gasteiger partial charge in [0.1, 0.15) is 0 Å². The number of urea groups is 1. The Labute approximate surface area is 90.0 Å². The highest BCUT2D eigenvalue weighted by atomic mass is 16.2. The molecular weight excluding hydrogens is 192 g/mol. The lowest BCUT2D eigenvalue weighted by atomic mass is 9.73. The number of imide groups is 1. The van der Waals surface area contributed by atoms with Gasteiger partial charge in [-0.1, -0.05) is 13.3 Å². The molecule has 0 aromatic carbocycles. The van der Waals surface area contributed by atoms with Crippen LogP contribution in [0.15, 0.2) is 0 Å². The first-order valence-corrected chi connectivity index (χ1v) is 5.79. The molecule has 4 heteroatoms. The first-order valence-electron chi connectivity index (χ1n) is 5.79. The molecule has 2 rings (SSSR count). The smallest absolute Gasteiger partial charge is 0.324 e. The van der Waals surface area contributed by atoms with Crippen LogP contribution in [0.4, 0.5) is 4.79 Å². The molecule has 3 amide bonds. The molecule has 0 bridgehead atoms. The number of carbonyl (C=O) groups excluding carboxylic acids is 2. The van der Waals surface area contributed by atoms with Gasteiger partial charge < -0.3 is 5.32 Å². The van der Waals surface area contributed by atoms with Gasteiger partial charge in [-0.05, 0) is 25.7 Å². The van der Waals surface area contributed by atoms with Gasteiger partial charge in [0, 0.05) is 6.54 Å². The van der Waals surface area contributed by atoms with Gasteiger partial charge >= 0.3 is 6.03 Å².